The van der Waals surface area contributed by atoms with Gasteiger partial charge in [0.1, 0.15) is 0 Å². The molecule has 2 rings (SSSR count). The summed E-state index contributed by atoms with van der Waals surface area (Å²) >= 11 is 0. The van der Waals surface area contributed by atoms with Crippen molar-refractivity contribution >= 4 is 11.6 Å². The van der Waals surface area contributed by atoms with Crippen molar-refractivity contribution in [1.29, 1.82) is 0 Å². The van der Waals surface area contributed by atoms with Crippen LogP contribution in [0.5, 0.6) is 0 Å². The van der Waals surface area contributed by atoms with Gasteiger partial charge in [0.2, 0.25) is 5.91 Å². The van der Waals surface area contributed by atoms with E-state index in [1.54, 1.807) is 25.2 Å². The maximum Gasteiger partial charge on any atom is 0.274 e. The van der Waals surface area contributed by atoms with Crippen molar-refractivity contribution in [2.24, 2.45) is 11.7 Å². The Kier molecular flexibility index (Phi) is 4.31. The van der Waals surface area contributed by atoms with Gasteiger partial charge in [0.05, 0.1) is 30.6 Å². The molecule has 7 nitrogen and oxygen atoms in total. The number of benzene rings is 1. The maximum atomic E-state index is 12.2. The monoisotopic (exact) mass is 279 g/mol. The third-order valence-electron chi connectivity index (χ3n) is 3.41. The van der Waals surface area contributed by atoms with Gasteiger partial charge in [-0.15, -0.1) is 0 Å². The van der Waals surface area contributed by atoms with Crippen molar-refractivity contribution in [2.75, 3.05) is 20.3 Å². The minimum atomic E-state index is -0.446. The predicted molar refractivity (Wildman–Crippen MR) is 71.9 cm³/mol. The molecular weight excluding hydrogens is 262 g/mol. The molecule has 7 heteroatoms. The lowest BCUT2D eigenvalue weighted by atomic mass is 10.0. The van der Waals surface area contributed by atoms with Gasteiger partial charge in [-0.1, -0.05) is 18.2 Å². The number of hydrogen-bond donors (Lipinski definition) is 1. The van der Waals surface area contributed by atoms with E-state index in [-0.39, 0.29) is 30.1 Å². The first kappa shape index (κ1) is 14.4. The first-order valence-corrected chi connectivity index (χ1v) is 6.31. The molecule has 2 atom stereocenters. The number of amides is 1. The highest BCUT2D eigenvalue weighted by atomic mass is 16.6. The molecule has 20 heavy (non-hydrogen) atoms. The zero-order chi connectivity index (χ0) is 14.7. The number of hydrogen-bond acceptors (Lipinski definition) is 5. The Morgan fingerprint density at radius 2 is 2.20 bits per heavy atom. The molecule has 1 amide bonds. The summed E-state index contributed by atoms with van der Waals surface area (Å²) in [6, 6.07) is 6.08. The van der Waals surface area contributed by atoms with Crippen LogP contribution in [0.3, 0.4) is 0 Å². The smallest absolute Gasteiger partial charge is 0.274 e. The van der Waals surface area contributed by atoms with Crippen LogP contribution in [-0.2, 0) is 16.1 Å². The number of nitrogens with two attached hydrogens (primary N) is 1. The lowest BCUT2D eigenvalue weighted by Crippen LogP contribution is -2.41. The summed E-state index contributed by atoms with van der Waals surface area (Å²) in [5.41, 5.74) is 6.32. The Labute approximate surface area is 116 Å². The average molecular weight is 279 g/mol. The van der Waals surface area contributed by atoms with Crippen molar-refractivity contribution in [1.82, 2.24) is 4.90 Å². The number of para-hydroxylation sites is 1. The SMILES string of the molecule is CN(Cc1ccccc1[N+](=O)[O-])C(=O)C1COCC1N. The second-order valence-corrected chi connectivity index (χ2v) is 4.89. The Balaban J connectivity index is 2.10. The number of nitrogens with zero attached hydrogens (tertiary/aromatic N) is 2. The topological polar surface area (TPSA) is 98.7 Å². The number of nitro benzene ring substituents is 1. The van der Waals surface area contributed by atoms with Crippen molar-refractivity contribution in [2.45, 2.75) is 12.6 Å². The highest BCUT2D eigenvalue weighted by molar-refractivity contribution is 5.79. The molecule has 108 valence electrons. The van der Waals surface area contributed by atoms with Crippen LogP contribution in [0.1, 0.15) is 5.56 Å². The number of carbonyl (C=O) groups excluding carboxylic acids is 1. The van der Waals surface area contributed by atoms with E-state index in [9.17, 15) is 14.9 Å². The van der Waals surface area contributed by atoms with E-state index in [4.69, 9.17) is 10.5 Å². The summed E-state index contributed by atoms with van der Waals surface area (Å²) in [5, 5.41) is 10.9. The Morgan fingerprint density at radius 3 is 2.80 bits per heavy atom. The quantitative estimate of drug-likeness (QED) is 0.640. The fourth-order valence-corrected chi connectivity index (χ4v) is 2.26. The van der Waals surface area contributed by atoms with Gasteiger partial charge in [-0.05, 0) is 0 Å². The fourth-order valence-electron chi connectivity index (χ4n) is 2.26. The molecule has 0 aromatic heterocycles. The highest BCUT2D eigenvalue weighted by Gasteiger charge is 2.33. The lowest BCUT2D eigenvalue weighted by Gasteiger charge is -2.22. The lowest BCUT2D eigenvalue weighted by molar-refractivity contribution is -0.385. The van der Waals surface area contributed by atoms with Crippen LogP contribution in [0.15, 0.2) is 24.3 Å². The van der Waals surface area contributed by atoms with Crippen LogP contribution < -0.4 is 5.73 Å². The number of carbonyl (C=O) groups is 1. The van der Waals surface area contributed by atoms with Crippen LogP contribution in [0.4, 0.5) is 5.69 Å². The standard InChI is InChI=1S/C13H17N3O4/c1-15(13(17)10-7-20-8-11(10)14)6-9-4-2-3-5-12(9)16(18)19/h2-5,10-11H,6-8,14H2,1H3. The molecule has 1 heterocycles. The van der Waals surface area contributed by atoms with Crippen LogP contribution in [0.25, 0.3) is 0 Å². The molecule has 1 fully saturated rings. The second kappa shape index (κ2) is 5.98. The molecule has 2 unspecified atom stereocenters. The van der Waals surface area contributed by atoms with Crippen LogP contribution >= 0.6 is 0 Å². The van der Waals surface area contributed by atoms with E-state index >= 15 is 0 Å². The van der Waals surface area contributed by atoms with Crippen molar-refractivity contribution < 1.29 is 14.5 Å². The molecule has 0 radical (unpaired) electrons. The minimum Gasteiger partial charge on any atom is -0.379 e. The number of ether oxygens (including phenoxy) is 1. The van der Waals surface area contributed by atoms with Gasteiger partial charge in [0.15, 0.2) is 0 Å². The molecule has 1 aromatic carbocycles. The summed E-state index contributed by atoms with van der Waals surface area (Å²) in [6.07, 6.45) is 0. The molecule has 1 aliphatic heterocycles. The van der Waals surface area contributed by atoms with Gasteiger partial charge in [-0.25, -0.2) is 0 Å². The van der Waals surface area contributed by atoms with E-state index in [1.807, 2.05) is 0 Å². The largest absolute Gasteiger partial charge is 0.379 e. The molecule has 0 bridgehead atoms. The van der Waals surface area contributed by atoms with Gasteiger partial charge in [-0.2, -0.15) is 0 Å². The molecule has 1 aliphatic rings. The van der Waals surface area contributed by atoms with Crippen molar-refractivity contribution in [3.05, 3.63) is 39.9 Å². The van der Waals surface area contributed by atoms with Crippen LogP contribution in [0, 0.1) is 16.0 Å². The molecule has 1 saturated heterocycles. The molecular formula is C13H17N3O4. The summed E-state index contributed by atoms with van der Waals surface area (Å²) in [6.45, 7) is 0.857. The van der Waals surface area contributed by atoms with Gasteiger partial charge in [0, 0.05) is 24.7 Å². The zero-order valence-electron chi connectivity index (χ0n) is 11.2. The molecule has 2 N–H and O–H groups in total. The van der Waals surface area contributed by atoms with Crippen LogP contribution in [0.2, 0.25) is 0 Å². The summed E-state index contributed by atoms with van der Waals surface area (Å²) < 4.78 is 5.17. The first-order chi connectivity index (χ1) is 9.50. The van der Waals surface area contributed by atoms with E-state index in [1.165, 1.54) is 11.0 Å². The van der Waals surface area contributed by atoms with E-state index in [0.717, 1.165) is 0 Å². The molecule has 0 saturated carbocycles. The average Bonchev–Trinajstić information content (AvgIpc) is 2.84. The van der Waals surface area contributed by atoms with Gasteiger partial charge < -0.3 is 15.4 Å². The number of rotatable bonds is 4. The summed E-state index contributed by atoms with van der Waals surface area (Å²) in [7, 11) is 1.62. The zero-order valence-corrected chi connectivity index (χ0v) is 11.2. The molecule has 0 aliphatic carbocycles. The summed E-state index contributed by atoms with van der Waals surface area (Å²) in [4.78, 5) is 24.2. The molecule has 0 spiro atoms. The van der Waals surface area contributed by atoms with Crippen LogP contribution in [-0.4, -0.2) is 42.0 Å². The van der Waals surface area contributed by atoms with Gasteiger partial charge >= 0.3 is 0 Å². The normalized spacial score (nSPS) is 21.7. The van der Waals surface area contributed by atoms with E-state index < -0.39 is 4.92 Å². The predicted octanol–water partition coefficient (Wildman–Crippen LogP) is 0.527. The van der Waals surface area contributed by atoms with E-state index in [0.29, 0.717) is 18.8 Å². The Bertz CT molecular complexity index is 520. The third kappa shape index (κ3) is 2.94. The van der Waals surface area contributed by atoms with E-state index in [2.05, 4.69) is 0 Å². The maximum absolute atomic E-state index is 12.2. The number of nitro groups is 1. The van der Waals surface area contributed by atoms with Gasteiger partial charge in [-0.3, -0.25) is 14.9 Å². The summed E-state index contributed by atoms with van der Waals surface area (Å²) in [5.74, 6) is -0.518. The van der Waals surface area contributed by atoms with Crippen molar-refractivity contribution in [3.8, 4) is 0 Å². The Hall–Kier alpha value is -1.99. The second-order valence-electron chi connectivity index (χ2n) is 4.89. The van der Waals surface area contributed by atoms with Gasteiger partial charge in [0.25, 0.3) is 5.69 Å². The first-order valence-electron chi connectivity index (χ1n) is 6.31. The minimum absolute atomic E-state index is 0.0131. The van der Waals surface area contributed by atoms with Crippen molar-refractivity contribution in [3.63, 3.8) is 0 Å². The third-order valence-corrected chi connectivity index (χ3v) is 3.41. The molecule has 1 aromatic rings. The fraction of sp³-hybridized carbons (Fsp3) is 0.462. The highest BCUT2D eigenvalue weighted by Crippen LogP contribution is 2.21. The Morgan fingerprint density at radius 1 is 1.50 bits per heavy atom.